The number of carbonyl (C=O) groups excluding carboxylic acids is 3. The third-order valence-electron chi connectivity index (χ3n) is 10.4. The topological polar surface area (TPSA) is 151 Å². The van der Waals surface area contributed by atoms with E-state index in [1.54, 1.807) is 18.2 Å². The third-order valence-corrected chi connectivity index (χ3v) is 10.4. The first kappa shape index (κ1) is 31.9. The normalized spacial score (nSPS) is 25.7. The van der Waals surface area contributed by atoms with Crippen molar-refractivity contribution in [3.63, 3.8) is 0 Å². The minimum Gasteiger partial charge on any atom is -0.460 e. The highest BCUT2D eigenvalue weighted by Gasteiger charge is 2.85. The average Bonchev–Trinajstić information content (AvgIpc) is 3.55. The number of fused-ring (bicyclic) bond motifs is 2. The Kier molecular flexibility index (Phi) is 8.76. The van der Waals surface area contributed by atoms with Crippen LogP contribution in [0.3, 0.4) is 0 Å². The second-order valence-corrected chi connectivity index (χ2v) is 13.1. The van der Waals surface area contributed by atoms with Gasteiger partial charge in [0.05, 0.1) is 18.5 Å². The van der Waals surface area contributed by atoms with Gasteiger partial charge in [0.1, 0.15) is 6.61 Å². The molecule has 2 aromatic rings. The molecule has 0 aromatic heterocycles. The summed E-state index contributed by atoms with van der Waals surface area (Å²) in [6, 6.07) is 16.3. The Bertz CT molecular complexity index is 1620. The van der Waals surface area contributed by atoms with E-state index in [2.05, 4.69) is 5.32 Å². The van der Waals surface area contributed by atoms with Crippen molar-refractivity contribution in [3.05, 3.63) is 106 Å². The number of epoxide rings is 1. The van der Waals surface area contributed by atoms with Crippen LogP contribution in [0.5, 0.6) is 0 Å². The number of nitrogens with two attached hydrogens (primary N) is 1. The van der Waals surface area contributed by atoms with Gasteiger partial charge in [0.2, 0.25) is 5.78 Å². The van der Waals surface area contributed by atoms with Crippen LogP contribution in [0.25, 0.3) is 0 Å². The second-order valence-electron chi connectivity index (χ2n) is 13.1. The van der Waals surface area contributed by atoms with Gasteiger partial charge < -0.3 is 30.7 Å². The van der Waals surface area contributed by atoms with Gasteiger partial charge >= 0.3 is 5.97 Å². The van der Waals surface area contributed by atoms with E-state index < -0.39 is 40.3 Å². The molecule has 6 rings (SSSR count). The van der Waals surface area contributed by atoms with Gasteiger partial charge in [0, 0.05) is 29.5 Å². The molecule has 9 nitrogen and oxygen atoms in total. The molecule has 3 unspecified atom stereocenters. The molecule has 0 radical (unpaired) electrons. The molecule has 242 valence electrons. The van der Waals surface area contributed by atoms with Crippen LogP contribution in [0, 0.1) is 5.41 Å². The molecule has 3 atom stereocenters. The fourth-order valence-electron chi connectivity index (χ4n) is 7.58. The fourth-order valence-corrected chi connectivity index (χ4v) is 7.58. The lowest BCUT2D eigenvalue weighted by Crippen LogP contribution is -2.51. The molecule has 2 fully saturated rings. The molecule has 1 saturated heterocycles. The first-order valence-corrected chi connectivity index (χ1v) is 16.1. The maximum absolute atomic E-state index is 14.1. The number of hydrogen-bond acceptors (Lipinski definition) is 9. The average molecular weight is 627 g/mol. The van der Waals surface area contributed by atoms with Gasteiger partial charge in [-0.15, -0.1) is 0 Å². The zero-order chi connectivity index (χ0) is 32.5. The van der Waals surface area contributed by atoms with E-state index in [4.69, 9.17) is 15.2 Å². The van der Waals surface area contributed by atoms with Crippen molar-refractivity contribution in [3.8, 4) is 0 Å². The number of ketones is 2. The van der Waals surface area contributed by atoms with Crippen LogP contribution in [-0.4, -0.2) is 64.8 Å². The van der Waals surface area contributed by atoms with E-state index >= 15 is 0 Å². The fraction of sp³-hybridized carbons (Fsp3) is 0.432. The number of aliphatic hydroxyl groups excluding tert-OH is 2. The largest absolute Gasteiger partial charge is 0.460 e. The molecule has 0 spiro atoms. The van der Waals surface area contributed by atoms with Crippen LogP contribution in [-0.2, 0) is 20.7 Å². The smallest absolute Gasteiger partial charge is 0.350 e. The predicted molar refractivity (Wildman–Crippen MR) is 172 cm³/mol. The highest BCUT2D eigenvalue weighted by atomic mass is 16.7. The summed E-state index contributed by atoms with van der Waals surface area (Å²) in [5, 5.41) is 24.9. The van der Waals surface area contributed by atoms with Crippen molar-refractivity contribution >= 4 is 17.5 Å². The molecule has 1 saturated carbocycles. The van der Waals surface area contributed by atoms with Crippen LogP contribution < -0.4 is 11.1 Å². The van der Waals surface area contributed by atoms with E-state index in [0.717, 1.165) is 42.4 Å². The number of esters is 1. The van der Waals surface area contributed by atoms with Crippen LogP contribution in [0.4, 0.5) is 0 Å². The quantitative estimate of drug-likeness (QED) is 0.118. The zero-order valence-electron chi connectivity index (χ0n) is 26.2. The summed E-state index contributed by atoms with van der Waals surface area (Å²) in [5.41, 5.74) is 5.20. The van der Waals surface area contributed by atoms with Crippen LogP contribution in [0.15, 0.2) is 89.3 Å². The van der Waals surface area contributed by atoms with E-state index in [-0.39, 0.29) is 30.8 Å². The number of rotatable bonds is 12. The minimum absolute atomic E-state index is 0.0999. The minimum atomic E-state index is -2.18. The van der Waals surface area contributed by atoms with E-state index in [1.165, 1.54) is 6.07 Å². The molecule has 46 heavy (non-hydrogen) atoms. The number of allylic oxidation sites excluding steroid dienone is 3. The summed E-state index contributed by atoms with van der Waals surface area (Å²) in [4.78, 5) is 42.1. The number of carbonyl (C=O) groups is 3. The predicted octanol–water partition coefficient (Wildman–Crippen LogP) is 4.09. The molecule has 4 aliphatic rings. The summed E-state index contributed by atoms with van der Waals surface area (Å²) in [6.07, 6.45) is 8.19. The number of benzene rings is 2. The number of Topliss-reactive ketones (excluding diaryl/α,β-unsaturated/α-hetero) is 2. The van der Waals surface area contributed by atoms with Gasteiger partial charge in [0.15, 0.2) is 11.4 Å². The van der Waals surface area contributed by atoms with E-state index in [9.17, 15) is 24.6 Å². The van der Waals surface area contributed by atoms with Crippen molar-refractivity contribution < 1.29 is 34.1 Å². The Morgan fingerprint density at radius 1 is 1.04 bits per heavy atom. The van der Waals surface area contributed by atoms with Crippen LogP contribution in [0.2, 0.25) is 0 Å². The standard InChI is InChI=1S/C37H42N2O7/c1-24(13-14-25-15-18-39-31(38)19-25)27(22-40)21-36-32(42)28-11-5-6-12-29(28)33(43)37(36,46-36)34(44)45-23-30(41)35(16-7-8-17-35)20-26-9-3-2-4-10-26/h2-6,9-12,15,19,30,39-41H,7-8,13-14,16-18,20-23,38H2,1H3. The first-order valence-electron chi connectivity index (χ1n) is 16.1. The van der Waals surface area contributed by atoms with E-state index in [0.29, 0.717) is 37.2 Å². The maximum Gasteiger partial charge on any atom is 0.350 e. The van der Waals surface area contributed by atoms with Gasteiger partial charge in [-0.25, -0.2) is 4.79 Å². The van der Waals surface area contributed by atoms with Gasteiger partial charge in [0.25, 0.3) is 5.60 Å². The summed E-state index contributed by atoms with van der Waals surface area (Å²) in [5.74, 6) is -1.53. The second kappa shape index (κ2) is 12.6. The number of hydrogen-bond donors (Lipinski definition) is 4. The summed E-state index contributed by atoms with van der Waals surface area (Å²) < 4.78 is 11.8. The number of ether oxygens (including phenoxy) is 2. The maximum atomic E-state index is 14.1. The van der Waals surface area contributed by atoms with Gasteiger partial charge in [-0.05, 0) is 61.8 Å². The van der Waals surface area contributed by atoms with Crippen molar-refractivity contribution in [2.24, 2.45) is 11.1 Å². The Labute approximate surface area is 269 Å². The van der Waals surface area contributed by atoms with Crippen molar-refractivity contribution in [1.29, 1.82) is 0 Å². The lowest BCUT2D eigenvalue weighted by molar-refractivity contribution is -0.154. The van der Waals surface area contributed by atoms with Crippen molar-refractivity contribution in [1.82, 2.24) is 5.32 Å². The molecule has 2 aromatic carbocycles. The van der Waals surface area contributed by atoms with Gasteiger partial charge in [-0.1, -0.05) is 79.1 Å². The molecule has 2 aliphatic heterocycles. The van der Waals surface area contributed by atoms with Gasteiger partial charge in [-0.3, -0.25) is 9.59 Å². The van der Waals surface area contributed by atoms with Crippen LogP contribution in [0.1, 0.15) is 78.1 Å². The molecule has 2 heterocycles. The summed E-state index contributed by atoms with van der Waals surface area (Å²) in [6.45, 7) is 1.81. The highest BCUT2D eigenvalue weighted by Crippen LogP contribution is 2.59. The summed E-state index contributed by atoms with van der Waals surface area (Å²) in [7, 11) is 0. The lowest BCUT2D eigenvalue weighted by Gasteiger charge is -2.34. The Balaban J connectivity index is 1.25. The number of aliphatic hydroxyl groups is 2. The Morgan fingerprint density at radius 2 is 1.72 bits per heavy atom. The highest BCUT2D eigenvalue weighted by molar-refractivity contribution is 6.32. The monoisotopic (exact) mass is 626 g/mol. The number of nitrogens with one attached hydrogen (secondary N) is 1. The SMILES string of the molecule is CC(CCC1=CCNC(N)=C1)=C(CO)CC12OC1(C(=O)OCC(O)C1(Cc3ccccc3)CCCC1)C(=O)c1ccccc1C2=O. The van der Waals surface area contributed by atoms with E-state index in [1.807, 2.05) is 49.4 Å². The molecular weight excluding hydrogens is 584 g/mol. The Morgan fingerprint density at radius 3 is 2.39 bits per heavy atom. The van der Waals surface area contributed by atoms with Crippen molar-refractivity contribution in [2.75, 3.05) is 19.8 Å². The Hall–Kier alpha value is -4.05. The molecule has 5 N–H and O–H groups in total. The molecule has 0 bridgehead atoms. The lowest BCUT2D eigenvalue weighted by atomic mass is 9.71. The molecule has 0 amide bonds. The van der Waals surface area contributed by atoms with Crippen molar-refractivity contribution in [2.45, 2.75) is 75.6 Å². The first-order chi connectivity index (χ1) is 22.2. The van der Waals surface area contributed by atoms with Gasteiger partial charge in [-0.2, -0.15) is 0 Å². The molecular formula is C37H42N2O7. The summed E-state index contributed by atoms with van der Waals surface area (Å²) >= 11 is 0. The third kappa shape index (κ3) is 5.50. The van der Waals surface area contributed by atoms with Crippen LogP contribution >= 0.6 is 0 Å². The number of dihydropyridines is 1. The molecule has 9 heteroatoms. The molecule has 2 aliphatic carbocycles. The zero-order valence-corrected chi connectivity index (χ0v) is 26.2.